The topological polar surface area (TPSA) is 138 Å². The highest BCUT2D eigenvalue weighted by Crippen LogP contribution is 2.40. The highest BCUT2D eigenvalue weighted by atomic mass is 32.2. The first kappa shape index (κ1) is 27.6. The minimum atomic E-state index is -3.38. The SMILES string of the molecule is Cc1nc(C2CCC(CS(=O)(=O)N3CCCC(COc4ccc(C(=O)O)cc4)C3)CC2)c2c(cnc3[nH]ccc32)n1. The number of benzene rings is 1. The number of rotatable bonds is 8. The van der Waals surface area contributed by atoms with Gasteiger partial charge in [-0.15, -0.1) is 0 Å². The summed E-state index contributed by atoms with van der Waals surface area (Å²) in [6, 6.07) is 8.32. The van der Waals surface area contributed by atoms with E-state index in [1.165, 1.54) is 12.1 Å². The number of fused-ring (bicyclic) bond motifs is 3. The third-order valence-electron chi connectivity index (χ3n) is 8.53. The number of carboxylic acid groups (broad SMARTS) is 1. The summed E-state index contributed by atoms with van der Waals surface area (Å²) < 4.78 is 34.5. The number of aromatic amines is 1. The van der Waals surface area contributed by atoms with E-state index in [-0.39, 0.29) is 29.1 Å². The number of carboxylic acids is 1. The Balaban J connectivity index is 1.06. The molecule has 1 atom stereocenters. The molecule has 1 aliphatic heterocycles. The zero-order valence-electron chi connectivity index (χ0n) is 23.1. The number of nitrogens with one attached hydrogen (secondary N) is 1. The number of ether oxygens (including phenoxy) is 1. The zero-order valence-corrected chi connectivity index (χ0v) is 23.9. The van der Waals surface area contributed by atoms with Crippen LogP contribution < -0.4 is 4.74 Å². The van der Waals surface area contributed by atoms with E-state index in [0.29, 0.717) is 25.4 Å². The van der Waals surface area contributed by atoms with Crippen molar-refractivity contribution in [3.63, 3.8) is 0 Å². The monoisotopic (exact) mass is 577 g/mol. The van der Waals surface area contributed by atoms with E-state index in [9.17, 15) is 13.2 Å². The predicted molar refractivity (Wildman–Crippen MR) is 156 cm³/mol. The van der Waals surface area contributed by atoms with Crippen LogP contribution in [0.1, 0.15) is 66.3 Å². The van der Waals surface area contributed by atoms with Crippen LogP contribution in [0.5, 0.6) is 5.75 Å². The fourth-order valence-electron chi connectivity index (χ4n) is 6.41. The zero-order chi connectivity index (χ0) is 28.6. The van der Waals surface area contributed by atoms with Crippen molar-refractivity contribution in [1.29, 1.82) is 0 Å². The Morgan fingerprint density at radius 1 is 1.07 bits per heavy atom. The summed E-state index contributed by atoms with van der Waals surface area (Å²) in [6.07, 6.45) is 8.90. The Hall–Kier alpha value is -3.57. The summed E-state index contributed by atoms with van der Waals surface area (Å²) in [5.41, 5.74) is 2.94. The van der Waals surface area contributed by atoms with E-state index >= 15 is 0 Å². The first-order valence-electron chi connectivity index (χ1n) is 14.3. The third kappa shape index (κ3) is 5.92. The number of nitrogens with zero attached hydrogens (tertiary/aromatic N) is 4. The molecule has 1 unspecified atom stereocenters. The highest BCUT2D eigenvalue weighted by Gasteiger charge is 2.34. The van der Waals surface area contributed by atoms with E-state index in [4.69, 9.17) is 14.8 Å². The van der Waals surface area contributed by atoms with Crippen LogP contribution in [0, 0.1) is 18.8 Å². The molecule has 6 rings (SSSR count). The number of carbonyl (C=O) groups is 1. The number of aryl methyl sites for hydroxylation is 1. The molecule has 11 heteroatoms. The van der Waals surface area contributed by atoms with Crippen LogP contribution in [-0.4, -0.2) is 69.2 Å². The molecule has 3 aromatic heterocycles. The van der Waals surface area contributed by atoms with Gasteiger partial charge >= 0.3 is 5.97 Å². The van der Waals surface area contributed by atoms with Crippen molar-refractivity contribution in [1.82, 2.24) is 24.2 Å². The fraction of sp³-hybridized carbons (Fsp3) is 0.467. The van der Waals surface area contributed by atoms with Crippen molar-refractivity contribution in [2.24, 2.45) is 11.8 Å². The number of H-pyrrole nitrogens is 1. The largest absolute Gasteiger partial charge is 0.493 e. The number of pyridine rings is 1. The molecule has 2 fully saturated rings. The van der Waals surface area contributed by atoms with Crippen LogP contribution in [0.2, 0.25) is 0 Å². The molecule has 1 saturated carbocycles. The Bertz CT molecular complexity index is 1660. The lowest BCUT2D eigenvalue weighted by molar-refractivity contribution is 0.0697. The van der Waals surface area contributed by atoms with E-state index < -0.39 is 16.0 Å². The summed E-state index contributed by atoms with van der Waals surface area (Å²) in [6.45, 7) is 3.32. The van der Waals surface area contributed by atoms with Gasteiger partial charge in [-0.25, -0.2) is 32.5 Å². The van der Waals surface area contributed by atoms with Crippen LogP contribution in [0.3, 0.4) is 0 Å². The molecule has 4 heterocycles. The minimum absolute atomic E-state index is 0.0995. The van der Waals surface area contributed by atoms with Crippen LogP contribution in [0.25, 0.3) is 21.9 Å². The first-order valence-corrected chi connectivity index (χ1v) is 15.9. The lowest BCUT2D eigenvalue weighted by atomic mass is 9.80. The molecule has 1 aromatic carbocycles. The van der Waals surface area contributed by atoms with Crippen LogP contribution in [0.15, 0.2) is 42.7 Å². The average Bonchev–Trinajstić information content (AvgIpc) is 3.45. The second kappa shape index (κ2) is 11.4. The molecule has 1 aliphatic carbocycles. The third-order valence-corrected chi connectivity index (χ3v) is 10.5. The summed E-state index contributed by atoms with van der Waals surface area (Å²) >= 11 is 0. The second-order valence-corrected chi connectivity index (χ2v) is 13.4. The van der Waals surface area contributed by atoms with Crippen molar-refractivity contribution in [3.05, 3.63) is 59.8 Å². The van der Waals surface area contributed by atoms with E-state index in [1.54, 1.807) is 22.6 Å². The number of aromatic nitrogens is 4. The summed E-state index contributed by atoms with van der Waals surface area (Å²) in [5.74, 6) is 1.01. The van der Waals surface area contributed by atoms with Gasteiger partial charge in [0.15, 0.2) is 0 Å². The van der Waals surface area contributed by atoms with Gasteiger partial charge in [-0.3, -0.25) is 0 Å². The van der Waals surface area contributed by atoms with Crippen LogP contribution >= 0.6 is 0 Å². The number of hydrogen-bond donors (Lipinski definition) is 2. The van der Waals surface area contributed by atoms with E-state index in [2.05, 4.69) is 15.0 Å². The predicted octanol–water partition coefficient (Wildman–Crippen LogP) is 4.91. The molecular formula is C30H35N5O5S. The molecule has 216 valence electrons. The fourth-order valence-corrected chi connectivity index (χ4v) is 8.39. The molecule has 0 spiro atoms. The van der Waals surface area contributed by atoms with Crippen molar-refractivity contribution < 1.29 is 23.1 Å². The Morgan fingerprint density at radius 3 is 2.61 bits per heavy atom. The smallest absolute Gasteiger partial charge is 0.335 e. The van der Waals surface area contributed by atoms with Gasteiger partial charge in [0.1, 0.15) is 17.2 Å². The molecule has 1 saturated heterocycles. The molecule has 4 aromatic rings. The van der Waals surface area contributed by atoms with E-state index in [1.807, 2.05) is 19.2 Å². The van der Waals surface area contributed by atoms with Crippen LogP contribution in [-0.2, 0) is 10.0 Å². The quantitative estimate of drug-likeness (QED) is 0.301. The van der Waals surface area contributed by atoms with E-state index in [0.717, 1.165) is 72.0 Å². The average molecular weight is 578 g/mol. The van der Waals surface area contributed by atoms with Crippen molar-refractivity contribution >= 4 is 37.9 Å². The maximum atomic E-state index is 13.5. The summed E-state index contributed by atoms with van der Waals surface area (Å²) in [7, 11) is -3.38. The van der Waals surface area contributed by atoms with Gasteiger partial charge in [0.2, 0.25) is 10.0 Å². The number of aromatic carboxylic acids is 1. The maximum Gasteiger partial charge on any atom is 0.335 e. The van der Waals surface area contributed by atoms with Gasteiger partial charge < -0.3 is 14.8 Å². The van der Waals surface area contributed by atoms with Gasteiger partial charge in [-0.05, 0) is 81.7 Å². The second-order valence-electron chi connectivity index (χ2n) is 11.4. The molecule has 0 amide bonds. The van der Waals surface area contributed by atoms with Gasteiger partial charge in [0.05, 0.1) is 35.3 Å². The highest BCUT2D eigenvalue weighted by molar-refractivity contribution is 7.89. The van der Waals surface area contributed by atoms with Gasteiger partial charge in [-0.2, -0.15) is 0 Å². The van der Waals surface area contributed by atoms with Crippen LogP contribution in [0.4, 0.5) is 0 Å². The van der Waals surface area contributed by atoms with Crippen molar-refractivity contribution in [2.75, 3.05) is 25.4 Å². The Morgan fingerprint density at radius 2 is 1.85 bits per heavy atom. The Kier molecular flexibility index (Phi) is 7.65. The number of piperidine rings is 1. The molecule has 0 radical (unpaired) electrons. The molecule has 2 N–H and O–H groups in total. The molecule has 41 heavy (non-hydrogen) atoms. The number of sulfonamides is 1. The molecule has 10 nitrogen and oxygen atoms in total. The van der Waals surface area contributed by atoms with Crippen molar-refractivity contribution in [3.8, 4) is 5.75 Å². The first-order chi connectivity index (χ1) is 19.8. The lowest BCUT2D eigenvalue weighted by Gasteiger charge is -2.34. The summed E-state index contributed by atoms with van der Waals surface area (Å²) in [4.78, 5) is 28.2. The van der Waals surface area contributed by atoms with Gasteiger partial charge in [0.25, 0.3) is 0 Å². The standard InChI is InChI=1S/C30H35N5O5S/c1-19-33-26-15-32-29-25(12-13-31-29)27(26)28(34-19)22-6-4-20(5-7-22)18-41(38,39)35-14-2-3-21(16-35)17-40-24-10-8-23(9-11-24)30(36)37/h8-13,15,20-22H,2-7,14,16-18H2,1H3,(H,31,32)(H,36,37). The summed E-state index contributed by atoms with van der Waals surface area (Å²) in [5, 5.41) is 11.1. The number of hydrogen-bond acceptors (Lipinski definition) is 7. The van der Waals surface area contributed by atoms with Gasteiger partial charge in [-0.1, -0.05) is 0 Å². The minimum Gasteiger partial charge on any atom is -0.493 e. The Labute approximate surface area is 239 Å². The maximum absolute atomic E-state index is 13.5. The molecule has 2 aliphatic rings. The van der Waals surface area contributed by atoms with Gasteiger partial charge in [0, 0.05) is 41.9 Å². The molecular weight excluding hydrogens is 542 g/mol. The molecule has 0 bridgehead atoms. The van der Waals surface area contributed by atoms with Crippen molar-refractivity contribution in [2.45, 2.75) is 51.4 Å². The normalized spacial score (nSPS) is 22.2. The lowest BCUT2D eigenvalue weighted by Crippen LogP contribution is -2.43.